The van der Waals surface area contributed by atoms with Crippen LogP contribution in [0.1, 0.15) is 29.6 Å². The molecule has 3 nitrogen and oxygen atoms in total. The van der Waals surface area contributed by atoms with E-state index < -0.39 is 0 Å². The van der Waals surface area contributed by atoms with Gasteiger partial charge in [-0.15, -0.1) is 11.3 Å². The van der Waals surface area contributed by atoms with Crippen LogP contribution in [0.5, 0.6) is 0 Å². The Morgan fingerprint density at radius 3 is 2.68 bits per heavy atom. The smallest absolute Gasteiger partial charge is 0.122 e. The average Bonchev–Trinajstić information content (AvgIpc) is 3.00. The molecule has 0 saturated heterocycles. The van der Waals surface area contributed by atoms with E-state index in [1.54, 1.807) is 17.6 Å². The van der Waals surface area contributed by atoms with Crippen molar-refractivity contribution >= 4 is 22.9 Å². The summed E-state index contributed by atoms with van der Waals surface area (Å²) in [5, 5.41) is 3.53. The predicted octanol–water partition coefficient (Wildman–Crippen LogP) is 3.95. The maximum absolute atomic E-state index is 5.97. The molecule has 0 aromatic carbocycles. The number of nitrogens with one attached hydrogen (secondary N) is 1. The van der Waals surface area contributed by atoms with Crippen LogP contribution in [0.3, 0.4) is 0 Å². The second kappa shape index (κ2) is 6.57. The number of hydrogen-bond donors (Lipinski definition) is 1. The summed E-state index contributed by atoms with van der Waals surface area (Å²) in [5.74, 6) is 0.980. The van der Waals surface area contributed by atoms with Gasteiger partial charge >= 0.3 is 0 Å². The van der Waals surface area contributed by atoms with Gasteiger partial charge in [0.15, 0.2) is 0 Å². The lowest BCUT2D eigenvalue weighted by atomic mass is 10.2. The van der Waals surface area contributed by atoms with Crippen molar-refractivity contribution in [1.82, 2.24) is 10.2 Å². The standard InChI is InChI=1S/C14H19ClN2OS/c1-10(13-6-7-14(15)19-13)16-9-11(17(2)3)12-5-4-8-18-12/h4-8,10-11,16H,9H2,1-3H3. The molecule has 19 heavy (non-hydrogen) atoms. The minimum absolute atomic E-state index is 0.230. The third-order valence-electron chi connectivity index (χ3n) is 3.13. The van der Waals surface area contributed by atoms with Crippen LogP contribution in [0.2, 0.25) is 4.34 Å². The molecule has 104 valence electrons. The maximum atomic E-state index is 5.97. The van der Waals surface area contributed by atoms with E-state index in [9.17, 15) is 0 Å². The van der Waals surface area contributed by atoms with Crippen LogP contribution in [0.25, 0.3) is 0 Å². The summed E-state index contributed by atoms with van der Waals surface area (Å²) in [4.78, 5) is 3.40. The molecule has 0 spiro atoms. The molecule has 2 rings (SSSR count). The van der Waals surface area contributed by atoms with E-state index in [-0.39, 0.29) is 12.1 Å². The van der Waals surface area contributed by atoms with Crippen LogP contribution in [-0.2, 0) is 0 Å². The van der Waals surface area contributed by atoms with Crippen LogP contribution in [0, 0.1) is 0 Å². The third kappa shape index (κ3) is 3.83. The Hall–Kier alpha value is -0.810. The van der Waals surface area contributed by atoms with Crippen molar-refractivity contribution in [3.05, 3.63) is 45.5 Å². The van der Waals surface area contributed by atoms with Gasteiger partial charge in [0.1, 0.15) is 5.76 Å². The van der Waals surface area contributed by atoms with Gasteiger partial charge in [0.2, 0.25) is 0 Å². The summed E-state index contributed by atoms with van der Waals surface area (Å²) in [6.45, 7) is 2.98. The summed E-state index contributed by atoms with van der Waals surface area (Å²) in [5.41, 5.74) is 0. The average molecular weight is 299 g/mol. The molecule has 2 heterocycles. The molecular weight excluding hydrogens is 280 g/mol. The lowest BCUT2D eigenvalue weighted by Gasteiger charge is -2.24. The first-order valence-corrected chi connectivity index (χ1v) is 7.46. The van der Waals surface area contributed by atoms with Crippen LogP contribution in [-0.4, -0.2) is 25.5 Å². The second-order valence-corrected chi connectivity index (χ2v) is 6.51. The molecule has 0 aliphatic carbocycles. The quantitative estimate of drug-likeness (QED) is 0.875. The first-order chi connectivity index (χ1) is 9.08. The van der Waals surface area contributed by atoms with E-state index in [1.807, 2.05) is 18.2 Å². The zero-order valence-electron chi connectivity index (χ0n) is 11.4. The molecule has 2 atom stereocenters. The highest BCUT2D eigenvalue weighted by Crippen LogP contribution is 2.27. The third-order valence-corrected chi connectivity index (χ3v) is 4.55. The van der Waals surface area contributed by atoms with Gasteiger partial charge < -0.3 is 9.73 Å². The summed E-state index contributed by atoms with van der Waals surface area (Å²) in [7, 11) is 4.11. The Kier molecular flexibility index (Phi) is 5.05. The number of hydrogen-bond acceptors (Lipinski definition) is 4. The Bertz CT molecular complexity index is 495. The van der Waals surface area contributed by atoms with Gasteiger partial charge in [0.05, 0.1) is 16.6 Å². The van der Waals surface area contributed by atoms with Gasteiger partial charge in [-0.3, -0.25) is 4.90 Å². The normalized spacial score (nSPS) is 14.8. The number of furan rings is 1. The van der Waals surface area contributed by atoms with Gasteiger partial charge in [-0.05, 0) is 45.3 Å². The Labute approximate surface area is 123 Å². The molecule has 5 heteroatoms. The van der Waals surface area contributed by atoms with E-state index in [0.717, 1.165) is 16.6 Å². The number of thiophene rings is 1. The van der Waals surface area contributed by atoms with Gasteiger partial charge in [0, 0.05) is 17.5 Å². The highest BCUT2D eigenvalue weighted by atomic mass is 35.5. The fourth-order valence-electron chi connectivity index (χ4n) is 1.97. The molecule has 2 aromatic heterocycles. The molecule has 1 N–H and O–H groups in total. The van der Waals surface area contributed by atoms with Crippen LogP contribution in [0.4, 0.5) is 0 Å². The van der Waals surface area contributed by atoms with E-state index in [4.69, 9.17) is 16.0 Å². The summed E-state index contributed by atoms with van der Waals surface area (Å²) in [6, 6.07) is 8.47. The lowest BCUT2D eigenvalue weighted by Crippen LogP contribution is -2.32. The highest BCUT2D eigenvalue weighted by Gasteiger charge is 2.18. The molecule has 0 bridgehead atoms. The fraction of sp³-hybridized carbons (Fsp3) is 0.429. The Balaban J connectivity index is 1.96. The Morgan fingerprint density at radius 1 is 1.37 bits per heavy atom. The second-order valence-electron chi connectivity index (χ2n) is 4.77. The highest BCUT2D eigenvalue weighted by molar-refractivity contribution is 7.16. The number of likely N-dealkylation sites (N-methyl/N-ethyl adjacent to an activating group) is 1. The van der Waals surface area contributed by atoms with Crippen LogP contribution < -0.4 is 5.32 Å². The van der Waals surface area contributed by atoms with E-state index in [1.165, 1.54) is 4.88 Å². The maximum Gasteiger partial charge on any atom is 0.122 e. The fourth-order valence-corrected chi connectivity index (χ4v) is 3.06. The molecular formula is C14H19ClN2OS. The minimum Gasteiger partial charge on any atom is -0.468 e. The molecule has 0 amide bonds. The van der Waals surface area contributed by atoms with E-state index in [0.29, 0.717) is 0 Å². The molecule has 0 saturated carbocycles. The topological polar surface area (TPSA) is 28.4 Å². The van der Waals surface area contributed by atoms with Crippen molar-refractivity contribution < 1.29 is 4.42 Å². The number of rotatable bonds is 6. The van der Waals surface area contributed by atoms with Crippen LogP contribution >= 0.6 is 22.9 Å². The van der Waals surface area contributed by atoms with E-state index in [2.05, 4.69) is 37.3 Å². The molecule has 0 aliphatic rings. The van der Waals surface area contributed by atoms with Gasteiger partial charge in [-0.25, -0.2) is 0 Å². The van der Waals surface area contributed by atoms with E-state index >= 15 is 0 Å². The van der Waals surface area contributed by atoms with Crippen molar-refractivity contribution in [2.45, 2.75) is 19.0 Å². The minimum atomic E-state index is 0.230. The molecule has 0 radical (unpaired) electrons. The van der Waals surface area contributed by atoms with Gasteiger partial charge in [-0.2, -0.15) is 0 Å². The van der Waals surface area contributed by atoms with Crippen molar-refractivity contribution in [2.24, 2.45) is 0 Å². The summed E-state index contributed by atoms with van der Waals surface area (Å²) in [6.07, 6.45) is 1.72. The number of nitrogens with zero attached hydrogens (tertiary/aromatic N) is 1. The van der Waals surface area contributed by atoms with Gasteiger partial charge in [0.25, 0.3) is 0 Å². The molecule has 2 unspecified atom stereocenters. The predicted molar refractivity (Wildman–Crippen MR) is 80.9 cm³/mol. The van der Waals surface area contributed by atoms with Crippen molar-refractivity contribution in [3.63, 3.8) is 0 Å². The van der Waals surface area contributed by atoms with Crippen molar-refractivity contribution in [2.75, 3.05) is 20.6 Å². The lowest BCUT2D eigenvalue weighted by molar-refractivity contribution is 0.245. The summed E-state index contributed by atoms with van der Waals surface area (Å²) >= 11 is 7.59. The zero-order valence-corrected chi connectivity index (χ0v) is 13.0. The zero-order chi connectivity index (χ0) is 13.8. The molecule has 0 fully saturated rings. The number of halogens is 1. The monoisotopic (exact) mass is 298 g/mol. The van der Waals surface area contributed by atoms with Crippen molar-refractivity contribution in [3.8, 4) is 0 Å². The van der Waals surface area contributed by atoms with Gasteiger partial charge in [-0.1, -0.05) is 11.6 Å². The first-order valence-electron chi connectivity index (χ1n) is 6.26. The Morgan fingerprint density at radius 2 is 2.16 bits per heavy atom. The SMILES string of the molecule is CC(NCC(c1ccco1)N(C)C)c1ccc(Cl)s1. The largest absolute Gasteiger partial charge is 0.468 e. The summed E-state index contributed by atoms with van der Waals surface area (Å²) < 4.78 is 6.33. The first kappa shape index (κ1) is 14.6. The van der Waals surface area contributed by atoms with Crippen LogP contribution in [0.15, 0.2) is 34.9 Å². The van der Waals surface area contributed by atoms with Crippen molar-refractivity contribution in [1.29, 1.82) is 0 Å². The molecule has 0 aliphatic heterocycles. The molecule has 2 aromatic rings.